The van der Waals surface area contributed by atoms with Crippen LogP contribution >= 0.6 is 0 Å². The van der Waals surface area contributed by atoms with Gasteiger partial charge in [-0.25, -0.2) is 0 Å². The van der Waals surface area contributed by atoms with Gasteiger partial charge in [0.1, 0.15) is 0 Å². The largest absolute Gasteiger partial charge is 0.361 e. The molecule has 2 aliphatic rings. The minimum absolute atomic E-state index is 0.0608. The molecule has 0 saturated heterocycles. The van der Waals surface area contributed by atoms with Crippen molar-refractivity contribution in [2.24, 2.45) is 5.92 Å². The SMILES string of the molecule is CCN(C(=O)[C@@H]1C=C2c3cccc4[nH]cc(c34)C[C@H]2N(C)C1)C(C)C. The highest BCUT2D eigenvalue weighted by molar-refractivity contribution is 5.99. The summed E-state index contributed by atoms with van der Waals surface area (Å²) in [5.74, 6) is 0.191. The molecule has 2 aromatic rings. The predicted octanol–water partition coefficient (Wildman–Crippen LogP) is 3.29. The molecule has 132 valence electrons. The second-order valence-electron chi connectivity index (χ2n) is 7.65. The number of aromatic amines is 1. The zero-order valence-electron chi connectivity index (χ0n) is 15.5. The quantitative estimate of drug-likeness (QED) is 0.933. The van der Waals surface area contributed by atoms with E-state index in [0.717, 1.165) is 19.5 Å². The number of carbonyl (C=O) groups is 1. The fraction of sp³-hybridized carbons (Fsp3) is 0.476. The van der Waals surface area contributed by atoms with Crippen LogP contribution in [0.4, 0.5) is 0 Å². The molecule has 2 atom stereocenters. The third-order valence-electron chi connectivity index (χ3n) is 5.83. The monoisotopic (exact) mass is 337 g/mol. The highest BCUT2D eigenvalue weighted by Crippen LogP contribution is 2.40. The molecule has 0 spiro atoms. The first-order valence-corrected chi connectivity index (χ1v) is 9.33. The van der Waals surface area contributed by atoms with Gasteiger partial charge in [0.05, 0.1) is 5.92 Å². The highest BCUT2D eigenvalue weighted by Gasteiger charge is 2.36. The molecular weight excluding hydrogens is 310 g/mol. The van der Waals surface area contributed by atoms with Gasteiger partial charge in [-0.3, -0.25) is 9.69 Å². The first kappa shape index (κ1) is 16.4. The van der Waals surface area contributed by atoms with Gasteiger partial charge in [-0.1, -0.05) is 18.2 Å². The second kappa shape index (κ2) is 6.03. The number of hydrogen-bond donors (Lipinski definition) is 1. The molecule has 0 radical (unpaired) electrons. The molecule has 1 N–H and O–H groups in total. The minimum atomic E-state index is -0.0608. The van der Waals surface area contributed by atoms with Gasteiger partial charge in [-0.15, -0.1) is 0 Å². The van der Waals surface area contributed by atoms with Crippen LogP contribution in [0.15, 0.2) is 30.5 Å². The number of hydrogen-bond acceptors (Lipinski definition) is 2. The highest BCUT2D eigenvalue weighted by atomic mass is 16.2. The van der Waals surface area contributed by atoms with Gasteiger partial charge in [0.15, 0.2) is 0 Å². The Bertz CT molecular complexity index is 848. The fourth-order valence-corrected chi connectivity index (χ4v) is 4.59. The number of aromatic nitrogens is 1. The van der Waals surface area contributed by atoms with Crippen molar-refractivity contribution in [1.82, 2.24) is 14.8 Å². The van der Waals surface area contributed by atoms with Crippen molar-refractivity contribution in [3.63, 3.8) is 0 Å². The van der Waals surface area contributed by atoms with Gasteiger partial charge in [-0.05, 0) is 57.0 Å². The van der Waals surface area contributed by atoms with Crippen LogP contribution in [0.1, 0.15) is 31.9 Å². The maximum absolute atomic E-state index is 13.1. The van der Waals surface area contributed by atoms with Crippen LogP contribution in [-0.4, -0.2) is 52.9 Å². The number of amides is 1. The lowest BCUT2D eigenvalue weighted by Gasteiger charge is -2.41. The summed E-state index contributed by atoms with van der Waals surface area (Å²) in [7, 11) is 2.15. The van der Waals surface area contributed by atoms with Crippen LogP contribution in [-0.2, 0) is 11.2 Å². The topological polar surface area (TPSA) is 39.3 Å². The van der Waals surface area contributed by atoms with Crippen LogP contribution in [0.3, 0.4) is 0 Å². The molecular formula is C21H27N3O. The number of carbonyl (C=O) groups excluding carboxylic acids is 1. The molecule has 25 heavy (non-hydrogen) atoms. The molecule has 0 bridgehead atoms. The fourth-order valence-electron chi connectivity index (χ4n) is 4.59. The molecule has 1 amide bonds. The van der Waals surface area contributed by atoms with E-state index in [-0.39, 0.29) is 17.9 Å². The van der Waals surface area contributed by atoms with E-state index in [9.17, 15) is 4.79 Å². The average Bonchev–Trinajstić information content (AvgIpc) is 3.00. The van der Waals surface area contributed by atoms with Gasteiger partial charge in [-0.2, -0.15) is 0 Å². The maximum atomic E-state index is 13.1. The van der Waals surface area contributed by atoms with E-state index in [0.29, 0.717) is 6.04 Å². The summed E-state index contributed by atoms with van der Waals surface area (Å²) in [4.78, 5) is 20.8. The van der Waals surface area contributed by atoms with Crippen molar-refractivity contribution in [3.05, 3.63) is 41.6 Å². The van der Waals surface area contributed by atoms with Crippen molar-refractivity contribution < 1.29 is 4.79 Å². The van der Waals surface area contributed by atoms with E-state index in [1.165, 1.54) is 27.6 Å². The molecule has 4 rings (SSSR count). The van der Waals surface area contributed by atoms with Gasteiger partial charge in [0.25, 0.3) is 0 Å². The van der Waals surface area contributed by atoms with Gasteiger partial charge in [0, 0.05) is 42.3 Å². The predicted molar refractivity (Wildman–Crippen MR) is 102 cm³/mol. The molecule has 0 fully saturated rings. The lowest BCUT2D eigenvalue weighted by molar-refractivity contribution is -0.136. The zero-order valence-corrected chi connectivity index (χ0v) is 15.5. The van der Waals surface area contributed by atoms with Crippen molar-refractivity contribution in [2.45, 2.75) is 39.3 Å². The third-order valence-corrected chi connectivity index (χ3v) is 5.83. The molecule has 4 nitrogen and oxygen atoms in total. The van der Waals surface area contributed by atoms with Gasteiger partial charge in [0.2, 0.25) is 5.91 Å². The molecule has 0 saturated carbocycles. The molecule has 1 aromatic carbocycles. The van der Waals surface area contributed by atoms with Crippen molar-refractivity contribution in [3.8, 4) is 0 Å². The maximum Gasteiger partial charge on any atom is 0.231 e. The van der Waals surface area contributed by atoms with Crippen LogP contribution in [0.25, 0.3) is 16.5 Å². The van der Waals surface area contributed by atoms with Crippen LogP contribution < -0.4 is 0 Å². The number of H-pyrrole nitrogens is 1. The summed E-state index contributed by atoms with van der Waals surface area (Å²) in [6.07, 6.45) is 5.41. The molecule has 1 aromatic heterocycles. The Labute approximate surface area is 149 Å². The Hall–Kier alpha value is -2.07. The average molecular weight is 337 g/mol. The number of fused-ring (bicyclic) bond motifs is 2. The van der Waals surface area contributed by atoms with Gasteiger partial charge >= 0.3 is 0 Å². The normalized spacial score (nSPS) is 22.8. The Morgan fingerprint density at radius 3 is 2.92 bits per heavy atom. The summed E-state index contributed by atoms with van der Waals surface area (Å²) in [6.45, 7) is 7.81. The number of nitrogens with zero attached hydrogens (tertiary/aromatic N) is 2. The summed E-state index contributed by atoms with van der Waals surface area (Å²) < 4.78 is 0. The van der Waals surface area contributed by atoms with Crippen molar-refractivity contribution in [1.29, 1.82) is 0 Å². The van der Waals surface area contributed by atoms with E-state index in [2.05, 4.69) is 68.2 Å². The minimum Gasteiger partial charge on any atom is -0.361 e. The summed E-state index contributed by atoms with van der Waals surface area (Å²) in [5.41, 5.74) is 5.20. The van der Waals surface area contributed by atoms with Crippen molar-refractivity contribution >= 4 is 22.4 Å². The van der Waals surface area contributed by atoms with Crippen molar-refractivity contribution in [2.75, 3.05) is 20.1 Å². The van der Waals surface area contributed by atoms with E-state index in [1.54, 1.807) is 0 Å². The Morgan fingerprint density at radius 1 is 1.40 bits per heavy atom. The van der Waals surface area contributed by atoms with Crippen LogP contribution in [0, 0.1) is 5.92 Å². The second-order valence-corrected chi connectivity index (χ2v) is 7.65. The lowest BCUT2D eigenvalue weighted by Crippen LogP contribution is -2.49. The van der Waals surface area contributed by atoms with Crippen LogP contribution in [0.5, 0.6) is 0 Å². The number of nitrogens with one attached hydrogen (secondary N) is 1. The molecule has 1 aliphatic carbocycles. The molecule has 4 heteroatoms. The number of rotatable bonds is 3. The Kier molecular flexibility index (Phi) is 3.95. The van der Waals surface area contributed by atoms with Crippen LogP contribution in [0.2, 0.25) is 0 Å². The molecule has 0 unspecified atom stereocenters. The molecule has 2 heterocycles. The number of likely N-dealkylation sites (N-methyl/N-ethyl adjacent to an activating group) is 1. The smallest absolute Gasteiger partial charge is 0.231 e. The lowest BCUT2D eigenvalue weighted by atomic mass is 9.79. The third kappa shape index (κ3) is 2.51. The zero-order chi connectivity index (χ0) is 17.7. The van der Waals surface area contributed by atoms with E-state index < -0.39 is 0 Å². The summed E-state index contributed by atoms with van der Waals surface area (Å²) >= 11 is 0. The number of benzene rings is 1. The Morgan fingerprint density at radius 2 is 2.20 bits per heavy atom. The summed E-state index contributed by atoms with van der Waals surface area (Å²) in [5, 5.41) is 1.34. The van der Waals surface area contributed by atoms with E-state index >= 15 is 0 Å². The Balaban J connectivity index is 1.78. The summed E-state index contributed by atoms with van der Waals surface area (Å²) in [6, 6.07) is 7.06. The standard InChI is InChI=1S/C21H27N3O/c1-5-24(13(2)3)21(25)15-9-17-16-7-6-8-18-20(16)14(11-22-18)10-19(17)23(4)12-15/h6-9,11,13,15,19,22H,5,10,12H2,1-4H3/t15-,19-/m1/s1. The van der Waals surface area contributed by atoms with Gasteiger partial charge < -0.3 is 9.88 Å². The first-order chi connectivity index (χ1) is 12.0. The first-order valence-electron chi connectivity index (χ1n) is 9.33. The molecule has 1 aliphatic heterocycles. The van der Waals surface area contributed by atoms with E-state index in [4.69, 9.17) is 0 Å². The van der Waals surface area contributed by atoms with E-state index in [1.807, 2.05) is 4.90 Å².